The quantitative estimate of drug-likeness (QED) is 0.589. The minimum absolute atomic E-state index is 0. The summed E-state index contributed by atoms with van der Waals surface area (Å²) in [4.78, 5) is 21.9. The van der Waals surface area contributed by atoms with E-state index in [1.807, 2.05) is 0 Å². The van der Waals surface area contributed by atoms with Gasteiger partial charge in [0.25, 0.3) is 0 Å². The van der Waals surface area contributed by atoms with Gasteiger partial charge in [0.2, 0.25) is 5.91 Å². The average molecular weight is 195 g/mol. The van der Waals surface area contributed by atoms with E-state index in [0.29, 0.717) is 0 Å². The Morgan fingerprint density at radius 3 is 1.92 bits per heavy atom. The smallest absolute Gasteiger partial charge is 0.352 e. The maximum atomic E-state index is 10.4. The zero-order valence-corrected chi connectivity index (χ0v) is 7.59. The minimum atomic E-state index is -1.17. The van der Waals surface area contributed by atoms with E-state index in [-0.39, 0.29) is 18.1 Å². The van der Waals surface area contributed by atoms with Crippen LogP contribution in [-0.2, 0) is 9.59 Å². The number of hydrogen-bond acceptors (Lipinski definition) is 3. The Hall–Kier alpha value is -1.23. The molecule has 0 aliphatic carbocycles. The normalized spacial score (nSPS) is 10.0. The molecule has 6 heteroatoms. The number of aliphatic carboxylic acids is 1. The van der Waals surface area contributed by atoms with Crippen LogP contribution in [0.15, 0.2) is 11.8 Å². The number of nitrogens with two attached hydrogens (primary N) is 1. The first-order chi connectivity index (χ1) is 4.95. The first-order valence-electron chi connectivity index (χ1n) is 2.87. The number of hydrogen-bond donors (Lipinski definition) is 2. The molecule has 0 saturated carbocycles. The molecule has 5 nitrogen and oxygen atoms in total. The number of amides is 1. The molecule has 0 atom stereocenters. The summed E-state index contributed by atoms with van der Waals surface area (Å²) in [6, 6.07) is 0. The fraction of sp³-hybridized carbons (Fsp3) is 0.333. The number of likely N-dealkylation sites (N-methyl/N-ethyl adjacent to an activating group) is 1. The summed E-state index contributed by atoms with van der Waals surface area (Å²) in [6.07, 6.45) is 0.863. The van der Waals surface area contributed by atoms with Crippen molar-refractivity contribution in [1.29, 1.82) is 0 Å². The number of primary amides is 1. The van der Waals surface area contributed by atoms with Gasteiger partial charge in [-0.15, -0.1) is 12.4 Å². The average Bonchev–Trinajstić information content (AvgIpc) is 1.81. The molecule has 12 heavy (non-hydrogen) atoms. The molecule has 70 valence electrons. The second-order valence-corrected chi connectivity index (χ2v) is 2.13. The van der Waals surface area contributed by atoms with Gasteiger partial charge < -0.3 is 15.7 Å². The summed E-state index contributed by atoms with van der Waals surface area (Å²) in [7, 11) is 3.03. The molecule has 0 heterocycles. The third-order valence-electron chi connectivity index (χ3n) is 0.980. The predicted octanol–water partition coefficient (Wildman–Crippen LogP) is -0.576. The monoisotopic (exact) mass is 194 g/mol. The van der Waals surface area contributed by atoms with E-state index in [0.717, 1.165) is 6.08 Å². The van der Waals surface area contributed by atoms with Crippen LogP contribution in [0.25, 0.3) is 0 Å². The van der Waals surface area contributed by atoms with Gasteiger partial charge >= 0.3 is 5.97 Å². The van der Waals surface area contributed by atoms with Gasteiger partial charge in [-0.1, -0.05) is 0 Å². The molecule has 0 aliphatic rings. The van der Waals surface area contributed by atoms with Gasteiger partial charge in [-0.3, -0.25) is 4.79 Å². The Labute approximate surface area is 76.2 Å². The number of carbonyl (C=O) groups excluding carboxylic acids is 1. The second kappa shape index (κ2) is 5.42. The number of carbonyl (C=O) groups is 2. The molecule has 0 bridgehead atoms. The lowest BCUT2D eigenvalue weighted by atomic mass is 10.3. The van der Waals surface area contributed by atoms with Crippen molar-refractivity contribution >= 4 is 24.3 Å². The van der Waals surface area contributed by atoms with Crippen LogP contribution >= 0.6 is 12.4 Å². The molecule has 0 unspecified atom stereocenters. The molecular weight excluding hydrogens is 184 g/mol. The number of nitrogens with zero attached hydrogens (tertiary/aromatic N) is 1. The van der Waals surface area contributed by atoms with E-state index in [2.05, 4.69) is 0 Å². The van der Waals surface area contributed by atoms with Crippen molar-refractivity contribution in [3.63, 3.8) is 0 Å². The van der Waals surface area contributed by atoms with Crippen molar-refractivity contribution in [2.45, 2.75) is 0 Å². The van der Waals surface area contributed by atoms with E-state index in [4.69, 9.17) is 10.8 Å². The van der Waals surface area contributed by atoms with Crippen LogP contribution in [0.5, 0.6) is 0 Å². The van der Waals surface area contributed by atoms with E-state index in [1.165, 1.54) is 19.0 Å². The molecular formula is C6H11ClN2O3. The molecule has 3 N–H and O–H groups in total. The molecule has 0 radical (unpaired) electrons. The van der Waals surface area contributed by atoms with Crippen molar-refractivity contribution in [2.75, 3.05) is 14.1 Å². The third-order valence-corrected chi connectivity index (χ3v) is 0.980. The fourth-order valence-corrected chi connectivity index (χ4v) is 0.517. The third kappa shape index (κ3) is 4.56. The number of carboxylic acids is 1. The van der Waals surface area contributed by atoms with Crippen LogP contribution in [0.4, 0.5) is 0 Å². The Kier molecular flexibility index (Phi) is 6.04. The Morgan fingerprint density at radius 2 is 1.83 bits per heavy atom. The topological polar surface area (TPSA) is 83.6 Å². The predicted molar refractivity (Wildman–Crippen MR) is 45.8 cm³/mol. The summed E-state index contributed by atoms with van der Waals surface area (Å²) in [5.41, 5.74) is 4.64. The zero-order chi connectivity index (χ0) is 9.02. The van der Waals surface area contributed by atoms with Crippen LogP contribution in [0.1, 0.15) is 0 Å². The van der Waals surface area contributed by atoms with Gasteiger partial charge in [-0.25, -0.2) is 4.79 Å². The summed E-state index contributed by atoms with van der Waals surface area (Å²) >= 11 is 0. The lowest BCUT2D eigenvalue weighted by molar-refractivity contribution is -0.134. The lowest BCUT2D eigenvalue weighted by Gasteiger charge is -2.11. The van der Waals surface area contributed by atoms with Gasteiger partial charge in [0, 0.05) is 20.2 Å². The number of halogens is 1. The summed E-state index contributed by atoms with van der Waals surface area (Å²) in [6.45, 7) is 0. The van der Waals surface area contributed by atoms with Crippen LogP contribution in [0, 0.1) is 0 Å². The van der Waals surface area contributed by atoms with Gasteiger partial charge in [-0.05, 0) is 0 Å². The van der Waals surface area contributed by atoms with Crippen molar-refractivity contribution in [1.82, 2.24) is 4.90 Å². The molecule has 1 amide bonds. The molecule has 0 spiro atoms. The van der Waals surface area contributed by atoms with Crippen molar-refractivity contribution < 1.29 is 14.7 Å². The van der Waals surface area contributed by atoms with Crippen LogP contribution in [-0.4, -0.2) is 36.0 Å². The Bertz CT molecular complexity index is 213. The molecule has 0 aromatic carbocycles. The molecule has 0 aliphatic heterocycles. The SMILES string of the molecule is CN(C)/C(=C/C(N)=O)C(=O)O.Cl. The Morgan fingerprint density at radius 1 is 1.42 bits per heavy atom. The highest BCUT2D eigenvalue weighted by atomic mass is 35.5. The maximum Gasteiger partial charge on any atom is 0.352 e. The first-order valence-corrected chi connectivity index (χ1v) is 2.87. The minimum Gasteiger partial charge on any atom is -0.477 e. The van der Waals surface area contributed by atoms with Gasteiger partial charge in [0.1, 0.15) is 5.70 Å². The summed E-state index contributed by atoms with van der Waals surface area (Å²) in [5, 5.41) is 8.47. The zero-order valence-electron chi connectivity index (χ0n) is 6.77. The Balaban J connectivity index is 0. The molecule has 0 fully saturated rings. The number of rotatable bonds is 3. The van der Waals surface area contributed by atoms with Crippen molar-refractivity contribution in [2.24, 2.45) is 5.73 Å². The van der Waals surface area contributed by atoms with Crippen molar-refractivity contribution in [3.05, 3.63) is 11.8 Å². The van der Waals surface area contributed by atoms with E-state index >= 15 is 0 Å². The van der Waals surface area contributed by atoms with E-state index in [9.17, 15) is 9.59 Å². The highest BCUT2D eigenvalue weighted by Gasteiger charge is 2.09. The second-order valence-electron chi connectivity index (χ2n) is 2.13. The van der Waals surface area contributed by atoms with Crippen LogP contribution in [0.2, 0.25) is 0 Å². The van der Waals surface area contributed by atoms with Crippen LogP contribution < -0.4 is 5.73 Å². The van der Waals surface area contributed by atoms with E-state index < -0.39 is 11.9 Å². The van der Waals surface area contributed by atoms with Gasteiger partial charge in [-0.2, -0.15) is 0 Å². The number of carboxylic acid groups (broad SMARTS) is 1. The standard InChI is InChI=1S/C6H10N2O3.ClH/c1-8(2)4(6(10)11)3-5(7)9;/h3H,1-2H3,(H2,7,9)(H,10,11);1H/b4-3+;. The van der Waals surface area contributed by atoms with E-state index in [1.54, 1.807) is 0 Å². The lowest BCUT2D eigenvalue weighted by Crippen LogP contribution is -2.21. The summed E-state index contributed by atoms with van der Waals surface area (Å²) < 4.78 is 0. The largest absolute Gasteiger partial charge is 0.477 e. The van der Waals surface area contributed by atoms with Gasteiger partial charge in [0.05, 0.1) is 0 Å². The first kappa shape index (κ1) is 13.4. The molecule has 0 saturated heterocycles. The summed E-state index contributed by atoms with van der Waals surface area (Å²) in [5.74, 6) is -1.94. The fourth-order valence-electron chi connectivity index (χ4n) is 0.517. The van der Waals surface area contributed by atoms with Crippen molar-refractivity contribution in [3.8, 4) is 0 Å². The van der Waals surface area contributed by atoms with Crippen LogP contribution in [0.3, 0.4) is 0 Å². The molecule has 0 aromatic heterocycles. The maximum absolute atomic E-state index is 10.4. The molecule has 0 rings (SSSR count). The highest BCUT2D eigenvalue weighted by Crippen LogP contribution is 1.96. The molecule has 0 aromatic rings. The highest BCUT2D eigenvalue weighted by molar-refractivity contribution is 5.96. The van der Waals surface area contributed by atoms with Gasteiger partial charge in [0.15, 0.2) is 0 Å².